The van der Waals surface area contributed by atoms with E-state index in [2.05, 4.69) is 104 Å². The Hall–Kier alpha value is -5.64. The number of hydrogen-bond donors (Lipinski definition) is 6. The van der Waals surface area contributed by atoms with E-state index in [1.54, 1.807) is 36.4 Å². The van der Waals surface area contributed by atoms with E-state index in [-0.39, 0.29) is 57.8 Å². The van der Waals surface area contributed by atoms with Crippen LogP contribution in [0.25, 0.3) is 0 Å². The van der Waals surface area contributed by atoms with Crippen molar-refractivity contribution in [2.75, 3.05) is 0 Å². The van der Waals surface area contributed by atoms with Crippen LogP contribution in [0.4, 0.5) is 0 Å². The lowest BCUT2D eigenvalue weighted by Crippen LogP contribution is -2.20. The summed E-state index contributed by atoms with van der Waals surface area (Å²) in [5, 5.41) is 51.3. The first-order chi connectivity index (χ1) is 27.2. The van der Waals surface area contributed by atoms with Crippen LogP contribution in [0.15, 0.2) is 70.9 Å². The third-order valence-corrected chi connectivity index (χ3v) is 10.2. The zero-order valence-corrected chi connectivity index (χ0v) is 37.0. The van der Waals surface area contributed by atoms with Gasteiger partial charge in [-0.15, -0.1) is 0 Å². The second-order valence-corrected chi connectivity index (χ2v) is 19.6. The van der Waals surface area contributed by atoms with Crippen LogP contribution >= 0.6 is 0 Å². The highest BCUT2D eigenvalue weighted by Crippen LogP contribution is 2.41. The summed E-state index contributed by atoms with van der Waals surface area (Å²) in [6.45, 7) is 24.6. The van der Waals surface area contributed by atoms with Crippen molar-refractivity contribution in [3.8, 4) is 23.0 Å². The summed E-state index contributed by atoms with van der Waals surface area (Å²) in [6, 6.07) is 18.1. The molecule has 4 aromatic rings. The van der Waals surface area contributed by atoms with E-state index in [9.17, 15) is 30.0 Å². The van der Waals surface area contributed by atoms with Crippen LogP contribution in [0.3, 0.4) is 0 Å². The quantitative estimate of drug-likeness (QED) is 0.0617. The zero-order chi connectivity index (χ0) is 44.1. The van der Waals surface area contributed by atoms with Crippen molar-refractivity contribution in [3.63, 3.8) is 0 Å². The highest BCUT2D eigenvalue weighted by Gasteiger charge is 2.28. The lowest BCUT2D eigenvalue weighted by Gasteiger charge is -2.28. The van der Waals surface area contributed by atoms with Gasteiger partial charge in [0.1, 0.15) is 23.0 Å². The molecule has 6 N–H and O–H groups in total. The Morgan fingerprint density at radius 2 is 0.797 bits per heavy atom. The topological polar surface area (TPSA) is 164 Å². The van der Waals surface area contributed by atoms with Gasteiger partial charge in [0.2, 0.25) is 11.8 Å². The van der Waals surface area contributed by atoms with Crippen LogP contribution in [0.5, 0.6) is 23.0 Å². The third-order valence-electron chi connectivity index (χ3n) is 10.2. The number of hydrogen-bond acceptors (Lipinski definition) is 8. The SMILES string of the molecule is CC(C)(C)c1cc(CCC(=O)NN=Cc2cc(Cc3ccc(O)c(C=NNC(=O)CCc4cc(C(C)(C)C)c(O)c(C(C)(C)C)c4)c3)ccc2O)cc(C(C)(C)C)c1O. The Morgan fingerprint density at radius 3 is 1.08 bits per heavy atom. The van der Waals surface area contributed by atoms with Gasteiger partial charge in [0.15, 0.2) is 0 Å². The lowest BCUT2D eigenvalue weighted by molar-refractivity contribution is -0.121. The van der Waals surface area contributed by atoms with Gasteiger partial charge in [-0.2, -0.15) is 10.2 Å². The second kappa shape index (κ2) is 18.1. The van der Waals surface area contributed by atoms with Crippen LogP contribution in [0.1, 0.15) is 152 Å². The van der Waals surface area contributed by atoms with E-state index in [0.29, 0.717) is 41.9 Å². The first kappa shape index (κ1) is 46.1. The Labute approximate surface area is 350 Å². The standard InChI is InChI=1S/C49H64N4O6/c1-46(2,3)36-24-32(25-37(44(36)58)47(4,5)6)15-19-42(56)52-50-28-34-22-30(13-17-40(34)54)21-31-14-18-41(55)35(23-31)29-51-53-43(57)20-16-33-26-38(48(7,8)9)45(59)39(27-33)49(10,11)12/h13-14,17-18,22-29,54-55,58-59H,15-16,19-21H2,1-12H3,(H,52,56)(H,53,57). The Balaban J connectivity index is 1.36. The van der Waals surface area contributed by atoms with Crippen molar-refractivity contribution in [2.24, 2.45) is 10.2 Å². The second-order valence-electron chi connectivity index (χ2n) is 19.6. The average Bonchev–Trinajstić information content (AvgIpc) is 3.11. The fourth-order valence-electron chi connectivity index (χ4n) is 6.81. The van der Waals surface area contributed by atoms with E-state index in [0.717, 1.165) is 44.5 Å². The molecule has 0 aliphatic heterocycles. The van der Waals surface area contributed by atoms with Crippen molar-refractivity contribution in [3.05, 3.63) is 116 Å². The first-order valence-electron chi connectivity index (χ1n) is 20.3. The monoisotopic (exact) mass is 804 g/mol. The van der Waals surface area contributed by atoms with E-state index < -0.39 is 0 Å². The molecule has 4 aromatic carbocycles. The summed E-state index contributed by atoms with van der Waals surface area (Å²) < 4.78 is 0. The summed E-state index contributed by atoms with van der Waals surface area (Å²) >= 11 is 0. The zero-order valence-electron chi connectivity index (χ0n) is 37.0. The number of nitrogens with zero attached hydrogens (tertiary/aromatic N) is 2. The van der Waals surface area contributed by atoms with Crippen molar-refractivity contribution in [1.29, 1.82) is 0 Å². The predicted molar refractivity (Wildman–Crippen MR) is 238 cm³/mol. The number of aromatic hydroxyl groups is 4. The normalized spacial score (nSPS) is 12.7. The smallest absolute Gasteiger partial charge is 0.240 e. The number of phenolic OH excluding ortho intramolecular Hbond substituents is 4. The first-order valence-corrected chi connectivity index (χ1v) is 20.3. The molecule has 0 unspecified atom stereocenters. The molecule has 0 radical (unpaired) electrons. The highest BCUT2D eigenvalue weighted by atomic mass is 16.3. The van der Waals surface area contributed by atoms with Crippen LogP contribution in [0, 0.1) is 0 Å². The van der Waals surface area contributed by atoms with Crippen molar-refractivity contribution < 1.29 is 30.0 Å². The molecule has 0 saturated carbocycles. The molecule has 0 atom stereocenters. The van der Waals surface area contributed by atoms with Gasteiger partial charge in [0.05, 0.1) is 12.4 Å². The highest BCUT2D eigenvalue weighted by molar-refractivity contribution is 5.86. The van der Waals surface area contributed by atoms with E-state index in [4.69, 9.17) is 0 Å². The Kier molecular flexibility index (Phi) is 14.1. The molecule has 2 amide bonds. The van der Waals surface area contributed by atoms with Gasteiger partial charge in [-0.25, -0.2) is 10.9 Å². The number of aryl methyl sites for hydroxylation is 2. The number of benzene rings is 4. The summed E-state index contributed by atoms with van der Waals surface area (Å²) in [5.74, 6) is 0.0451. The molecule has 0 heterocycles. The molecule has 0 aliphatic rings. The molecule has 0 bridgehead atoms. The largest absolute Gasteiger partial charge is 0.507 e. The van der Waals surface area contributed by atoms with E-state index in [1.807, 2.05) is 24.3 Å². The molecule has 0 aromatic heterocycles. The molecular formula is C49H64N4O6. The fraction of sp³-hybridized carbons (Fsp3) is 0.429. The van der Waals surface area contributed by atoms with Gasteiger partial charge in [-0.3, -0.25) is 9.59 Å². The molecule has 59 heavy (non-hydrogen) atoms. The Morgan fingerprint density at radius 1 is 0.492 bits per heavy atom. The summed E-state index contributed by atoms with van der Waals surface area (Å²) in [4.78, 5) is 25.6. The van der Waals surface area contributed by atoms with Crippen molar-refractivity contribution in [1.82, 2.24) is 10.9 Å². The third kappa shape index (κ3) is 12.7. The molecule has 0 saturated heterocycles. The van der Waals surface area contributed by atoms with Crippen molar-refractivity contribution in [2.45, 2.75) is 137 Å². The summed E-state index contributed by atoms with van der Waals surface area (Å²) in [7, 11) is 0. The number of rotatable bonds is 12. The lowest BCUT2D eigenvalue weighted by atomic mass is 9.78. The predicted octanol–water partition coefficient (Wildman–Crippen LogP) is 9.46. The molecule has 0 aliphatic carbocycles. The van der Waals surface area contributed by atoms with Crippen LogP contribution in [0.2, 0.25) is 0 Å². The summed E-state index contributed by atoms with van der Waals surface area (Å²) in [6.07, 6.45) is 4.58. The van der Waals surface area contributed by atoms with Gasteiger partial charge >= 0.3 is 0 Å². The van der Waals surface area contributed by atoms with Gasteiger partial charge in [-0.05, 0) is 110 Å². The van der Waals surface area contributed by atoms with Crippen LogP contribution in [-0.4, -0.2) is 44.7 Å². The number of carbonyl (C=O) groups excluding carboxylic acids is 2. The summed E-state index contributed by atoms with van der Waals surface area (Å²) in [5.41, 5.74) is 11.9. The average molecular weight is 805 g/mol. The maximum absolute atomic E-state index is 12.8. The molecule has 0 spiro atoms. The minimum Gasteiger partial charge on any atom is -0.507 e. The van der Waals surface area contributed by atoms with Gasteiger partial charge in [-0.1, -0.05) is 119 Å². The molecule has 10 heteroatoms. The molecule has 4 rings (SSSR count). The maximum atomic E-state index is 12.8. The number of phenols is 4. The molecule has 0 fully saturated rings. The van der Waals surface area contributed by atoms with E-state index >= 15 is 0 Å². The minimum atomic E-state index is -0.282. The number of hydrazone groups is 2. The molecular weight excluding hydrogens is 741 g/mol. The van der Waals surface area contributed by atoms with Crippen molar-refractivity contribution >= 4 is 24.2 Å². The van der Waals surface area contributed by atoms with Crippen LogP contribution < -0.4 is 10.9 Å². The maximum Gasteiger partial charge on any atom is 0.240 e. The number of carbonyl (C=O) groups is 2. The van der Waals surface area contributed by atoms with E-state index in [1.165, 1.54) is 12.4 Å². The fourth-order valence-corrected chi connectivity index (χ4v) is 6.81. The van der Waals surface area contributed by atoms with Gasteiger partial charge in [0.25, 0.3) is 0 Å². The Bertz CT molecular complexity index is 2000. The molecule has 10 nitrogen and oxygen atoms in total. The number of nitrogens with one attached hydrogen (secondary N) is 2. The van der Waals surface area contributed by atoms with Crippen LogP contribution in [-0.2, 0) is 50.5 Å². The molecule has 316 valence electrons. The van der Waals surface area contributed by atoms with Gasteiger partial charge < -0.3 is 20.4 Å². The minimum absolute atomic E-state index is 0.00392. The van der Waals surface area contributed by atoms with Gasteiger partial charge in [0, 0.05) is 24.0 Å². The number of amides is 2.